The summed E-state index contributed by atoms with van der Waals surface area (Å²) >= 11 is 0. The minimum absolute atomic E-state index is 0.190. The molecular weight excluding hydrogens is 273 g/mol. The van der Waals surface area contributed by atoms with E-state index in [0.29, 0.717) is 5.76 Å². The molecule has 1 rings (SSSR count). The summed E-state index contributed by atoms with van der Waals surface area (Å²) < 4.78 is 40.8. The Bertz CT molecular complexity index is 542. The van der Waals surface area contributed by atoms with Gasteiger partial charge in [0, 0.05) is 5.70 Å². The third kappa shape index (κ3) is 5.13. The molecule has 1 amide bonds. The van der Waals surface area contributed by atoms with Crippen LogP contribution in [0.1, 0.15) is 22.5 Å². The Morgan fingerprint density at radius 1 is 1.55 bits per heavy atom. The van der Waals surface area contributed by atoms with E-state index >= 15 is 0 Å². The van der Waals surface area contributed by atoms with Crippen LogP contribution in [0.4, 0.5) is 13.2 Å². The van der Waals surface area contributed by atoms with Crippen molar-refractivity contribution in [1.82, 2.24) is 10.5 Å². The number of alkyl halides is 3. The molecule has 1 aromatic heterocycles. The van der Waals surface area contributed by atoms with E-state index < -0.39 is 18.5 Å². The van der Waals surface area contributed by atoms with Crippen molar-refractivity contribution in [2.75, 3.05) is 0 Å². The summed E-state index contributed by atoms with van der Waals surface area (Å²) in [4.78, 5) is 11.8. The fourth-order valence-corrected chi connectivity index (χ4v) is 1.30. The second-order valence-electron chi connectivity index (χ2n) is 3.83. The minimum Gasteiger partial charge on any atom is -0.361 e. The molecule has 0 aliphatic carbocycles. The van der Waals surface area contributed by atoms with E-state index in [1.54, 1.807) is 6.92 Å². The van der Waals surface area contributed by atoms with E-state index in [0.717, 1.165) is 12.2 Å². The van der Waals surface area contributed by atoms with Gasteiger partial charge >= 0.3 is 6.18 Å². The highest BCUT2D eigenvalue weighted by atomic mass is 19.4. The smallest absolute Gasteiger partial charge is 0.361 e. The highest BCUT2D eigenvalue weighted by molar-refractivity contribution is 5.96. The third-order valence-electron chi connectivity index (χ3n) is 2.20. The van der Waals surface area contributed by atoms with Gasteiger partial charge in [-0.3, -0.25) is 4.79 Å². The topological polar surface area (TPSA) is 55.1 Å². The standard InChI is InChI=1S/C13H13F3N2O2/c1-3-5-10(6-4-7-13(14,15)16)18-12(19)11-8-17-20-9(11)2/h3-6,8H,1,7H2,2H3,(H,18,19)/b6-4-,10-5+. The Kier molecular flexibility index (Phi) is 5.31. The Labute approximate surface area is 113 Å². The van der Waals surface area contributed by atoms with Gasteiger partial charge in [0.25, 0.3) is 5.91 Å². The van der Waals surface area contributed by atoms with Gasteiger partial charge in [-0.15, -0.1) is 0 Å². The lowest BCUT2D eigenvalue weighted by atomic mass is 10.2. The van der Waals surface area contributed by atoms with Crippen molar-refractivity contribution in [3.05, 3.63) is 54.1 Å². The summed E-state index contributed by atoms with van der Waals surface area (Å²) in [6, 6.07) is 0. The Balaban J connectivity index is 2.74. The molecule has 0 fully saturated rings. The van der Waals surface area contributed by atoms with E-state index in [4.69, 9.17) is 4.52 Å². The van der Waals surface area contributed by atoms with Crippen molar-refractivity contribution < 1.29 is 22.5 Å². The number of rotatable bonds is 5. The lowest BCUT2D eigenvalue weighted by molar-refractivity contribution is -0.125. The van der Waals surface area contributed by atoms with Crippen LogP contribution >= 0.6 is 0 Å². The maximum absolute atomic E-state index is 12.0. The molecule has 0 radical (unpaired) electrons. The molecule has 0 aliphatic heterocycles. The molecule has 1 heterocycles. The number of hydrogen-bond donors (Lipinski definition) is 1. The van der Waals surface area contributed by atoms with Crippen molar-refractivity contribution in [3.8, 4) is 0 Å². The van der Waals surface area contributed by atoms with Crippen molar-refractivity contribution >= 4 is 5.91 Å². The average molecular weight is 286 g/mol. The zero-order valence-corrected chi connectivity index (χ0v) is 10.7. The van der Waals surface area contributed by atoms with Crippen molar-refractivity contribution in [2.24, 2.45) is 0 Å². The number of aryl methyl sites for hydroxylation is 1. The summed E-state index contributed by atoms with van der Waals surface area (Å²) in [5, 5.41) is 5.89. The lowest BCUT2D eigenvalue weighted by Gasteiger charge is -2.05. The molecule has 108 valence electrons. The maximum atomic E-state index is 12.0. The van der Waals surface area contributed by atoms with Crippen molar-refractivity contribution in [1.29, 1.82) is 0 Å². The van der Waals surface area contributed by atoms with Crippen LogP contribution in [0.15, 0.2) is 47.3 Å². The molecule has 0 aromatic carbocycles. The second kappa shape index (κ2) is 6.74. The van der Waals surface area contributed by atoms with E-state index in [1.807, 2.05) is 0 Å². The number of nitrogens with one attached hydrogen (secondary N) is 1. The molecule has 1 N–H and O–H groups in total. The van der Waals surface area contributed by atoms with Crippen LogP contribution in [0.25, 0.3) is 0 Å². The van der Waals surface area contributed by atoms with E-state index in [-0.39, 0.29) is 11.3 Å². The predicted octanol–water partition coefficient (Wildman–Crippen LogP) is 3.29. The SMILES string of the molecule is C=C/C=C(\C=C/CC(F)(F)F)NC(=O)c1cnoc1C. The van der Waals surface area contributed by atoms with E-state index in [9.17, 15) is 18.0 Å². The zero-order chi connectivity index (χ0) is 15.2. The first-order valence-corrected chi connectivity index (χ1v) is 5.62. The fraction of sp³-hybridized carbons (Fsp3) is 0.231. The van der Waals surface area contributed by atoms with E-state index in [1.165, 1.54) is 18.3 Å². The number of nitrogens with zero attached hydrogens (tertiary/aromatic N) is 1. The normalized spacial score (nSPS) is 12.7. The number of hydrogen-bond acceptors (Lipinski definition) is 3. The molecule has 0 unspecified atom stereocenters. The summed E-state index contributed by atoms with van der Waals surface area (Å²) in [6.07, 6.45) is 0.678. The highest BCUT2D eigenvalue weighted by Crippen LogP contribution is 2.20. The largest absolute Gasteiger partial charge is 0.392 e. The summed E-state index contributed by atoms with van der Waals surface area (Å²) in [5.41, 5.74) is 0.402. The number of carbonyl (C=O) groups excluding carboxylic acids is 1. The van der Waals surface area contributed by atoms with Crippen LogP contribution < -0.4 is 5.32 Å². The number of amides is 1. The minimum atomic E-state index is -4.29. The van der Waals surface area contributed by atoms with Crippen LogP contribution in [0.5, 0.6) is 0 Å². The van der Waals surface area contributed by atoms with Gasteiger partial charge in [-0.2, -0.15) is 13.2 Å². The van der Waals surface area contributed by atoms with Gasteiger partial charge in [0.1, 0.15) is 11.3 Å². The Morgan fingerprint density at radius 3 is 2.75 bits per heavy atom. The van der Waals surface area contributed by atoms with Crippen LogP contribution in [0.2, 0.25) is 0 Å². The molecule has 0 saturated carbocycles. The molecule has 0 saturated heterocycles. The van der Waals surface area contributed by atoms with Gasteiger partial charge in [-0.05, 0) is 19.1 Å². The quantitative estimate of drug-likeness (QED) is 0.845. The van der Waals surface area contributed by atoms with E-state index in [2.05, 4.69) is 17.1 Å². The van der Waals surface area contributed by atoms with Gasteiger partial charge in [0.2, 0.25) is 0 Å². The number of carbonyl (C=O) groups is 1. The molecule has 0 bridgehead atoms. The maximum Gasteiger partial charge on any atom is 0.392 e. The van der Waals surface area contributed by atoms with Gasteiger partial charge in [-0.1, -0.05) is 23.9 Å². The average Bonchev–Trinajstić information content (AvgIpc) is 2.74. The fourth-order valence-electron chi connectivity index (χ4n) is 1.30. The second-order valence-corrected chi connectivity index (χ2v) is 3.83. The van der Waals surface area contributed by atoms with Gasteiger partial charge in [0.15, 0.2) is 0 Å². The molecule has 7 heteroatoms. The lowest BCUT2D eigenvalue weighted by Crippen LogP contribution is -2.22. The van der Waals surface area contributed by atoms with Crippen LogP contribution in [-0.4, -0.2) is 17.2 Å². The van der Waals surface area contributed by atoms with Crippen molar-refractivity contribution in [3.63, 3.8) is 0 Å². The molecule has 4 nitrogen and oxygen atoms in total. The molecule has 0 atom stereocenters. The van der Waals surface area contributed by atoms with Crippen LogP contribution in [0.3, 0.4) is 0 Å². The first-order chi connectivity index (χ1) is 9.33. The van der Waals surface area contributed by atoms with Gasteiger partial charge in [0.05, 0.1) is 12.6 Å². The number of allylic oxidation sites excluding steroid dienone is 4. The highest BCUT2D eigenvalue weighted by Gasteiger charge is 2.24. The zero-order valence-electron chi connectivity index (χ0n) is 10.7. The third-order valence-corrected chi connectivity index (χ3v) is 2.20. The summed E-state index contributed by atoms with van der Waals surface area (Å²) in [5.74, 6) is -0.201. The predicted molar refractivity (Wildman–Crippen MR) is 66.8 cm³/mol. The first kappa shape index (κ1) is 15.7. The summed E-state index contributed by atoms with van der Waals surface area (Å²) in [6.45, 7) is 4.98. The molecule has 1 aromatic rings. The number of halogens is 3. The van der Waals surface area contributed by atoms with Crippen LogP contribution in [-0.2, 0) is 0 Å². The molecule has 0 spiro atoms. The first-order valence-electron chi connectivity index (χ1n) is 5.62. The molecular formula is C13H13F3N2O2. The Morgan fingerprint density at radius 2 is 2.25 bits per heavy atom. The van der Waals surface area contributed by atoms with Crippen LogP contribution in [0, 0.1) is 6.92 Å². The number of aromatic nitrogens is 1. The Hall–Kier alpha value is -2.31. The molecule has 0 aliphatic rings. The summed E-state index contributed by atoms with van der Waals surface area (Å²) in [7, 11) is 0. The van der Waals surface area contributed by atoms with Gasteiger partial charge < -0.3 is 9.84 Å². The van der Waals surface area contributed by atoms with Crippen molar-refractivity contribution in [2.45, 2.75) is 19.5 Å². The monoisotopic (exact) mass is 286 g/mol. The van der Waals surface area contributed by atoms with Gasteiger partial charge in [-0.25, -0.2) is 0 Å². The molecule has 20 heavy (non-hydrogen) atoms.